The van der Waals surface area contributed by atoms with E-state index in [1.165, 1.54) is 0 Å². The van der Waals surface area contributed by atoms with Crippen LogP contribution in [0.3, 0.4) is 0 Å². The number of rotatable bonds is 6. The molecular formula is C12H14Cl2N2OS. The van der Waals surface area contributed by atoms with E-state index in [1.807, 2.05) is 26.0 Å². The van der Waals surface area contributed by atoms with E-state index >= 15 is 0 Å². The van der Waals surface area contributed by atoms with Gasteiger partial charge in [-0.3, -0.25) is 10.2 Å². The molecule has 2 N–H and O–H groups in total. The minimum Gasteiger partial charge on any atom is -0.302 e. The Labute approximate surface area is 121 Å². The van der Waals surface area contributed by atoms with Crippen molar-refractivity contribution in [1.82, 2.24) is 10.9 Å². The second-order valence-electron chi connectivity index (χ2n) is 3.52. The van der Waals surface area contributed by atoms with Gasteiger partial charge in [0.05, 0.1) is 5.02 Å². The number of halogens is 2. The summed E-state index contributed by atoms with van der Waals surface area (Å²) in [7, 11) is 0. The van der Waals surface area contributed by atoms with E-state index in [-0.39, 0.29) is 0 Å². The average Bonchev–Trinajstić information content (AvgIpc) is 2.35. The van der Waals surface area contributed by atoms with Crippen molar-refractivity contribution in [3.63, 3.8) is 0 Å². The van der Waals surface area contributed by atoms with Gasteiger partial charge in [0.1, 0.15) is 0 Å². The number of nitrogens with one attached hydrogen (secondary N) is 2. The van der Waals surface area contributed by atoms with Gasteiger partial charge in [0.2, 0.25) is 6.41 Å². The van der Waals surface area contributed by atoms with Crippen LogP contribution in [0.2, 0.25) is 10.0 Å². The summed E-state index contributed by atoms with van der Waals surface area (Å²) in [5.41, 5.74) is 7.08. The van der Waals surface area contributed by atoms with Crippen LogP contribution in [0.4, 0.5) is 0 Å². The van der Waals surface area contributed by atoms with Crippen molar-refractivity contribution < 1.29 is 4.79 Å². The van der Waals surface area contributed by atoms with Crippen LogP contribution in [0.1, 0.15) is 12.5 Å². The van der Waals surface area contributed by atoms with Gasteiger partial charge in [-0.05, 0) is 31.5 Å². The highest BCUT2D eigenvalue weighted by atomic mass is 35.5. The number of hydrogen-bond donors (Lipinski definition) is 2. The van der Waals surface area contributed by atoms with Crippen molar-refractivity contribution in [3.05, 3.63) is 39.5 Å². The Hall–Kier alpha value is -0.840. The van der Waals surface area contributed by atoms with E-state index in [0.29, 0.717) is 22.2 Å². The molecule has 0 atom stereocenters. The van der Waals surface area contributed by atoms with Crippen LogP contribution in [0.5, 0.6) is 0 Å². The highest BCUT2D eigenvalue weighted by Crippen LogP contribution is 2.32. The summed E-state index contributed by atoms with van der Waals surface area (Å²) in [6.07, 6.45) is 2.48. The maximum absolute atomic E-state index is 10.2. The number of aryl methyl sites for hydroxylation is 1. The minimum absolute atomic E-state index is 0.591. The van der Waals surface area contributed by atoms with Gasteiger partial charge in [0.25, 0.3) is 0 Å². The Morgan fingerprint density at radius 3 is 2.72 bits per heavy atom. The van der Waals surface area contributed by atoms with Gasteiger partial charge in [0, 0.05) is 21.4 Å². The van der Waals surface area contributed by atoms with Crippen LogP contribution >= 0.6 is 35.0 Å². The van der Waals surface area contributed by atoms with Crippen molar-refractivity contribution in [2.75, 3.05) is 5.75 Å². The van der Waals surface area contributed by atoms with Crippen LogP contribution in [-0.4, -0.2) is 12.2 Å². The lowest BCUT2D eigenvalue weighted by molar-refractivity contribution is -0.110. The van der Waals surface area contributed by atoms with Gasteiger partial charge in [-0.25, -0.2) is 0 Å². The molecule has 98 valence electrons. The van der Waals surface area contributed by atoms with Crippen LogP contribution in [0, 0.1) is 6.92 Å². The monoisotopic (exact) mass is 304 g/mol. The average molecular weight is 305 g/mol. The van der Waals surface area contributed by atoms with Crippen molar-refractivity contribution in [1.29, 1.82) is 0 Å². The molecule has 1 aromatic carbocycles. The van der Waals surface area contributed by atoms with Crippen molar-refractivity contribution in [2.45, 2.75) is 18.7 Å². The number of amides is 1. The standard InChI is InChI=1S/C12H14Cl2N2OS/c1-3-9(16-15-7-17)6-18-12-4-8(2)10(13)5-11(12)14/h3-5,7,16H,6H2,1-2H3,(H,15,17)/b9-3-. The second kappa shape index (κ2) is 7.56. The molecule has 0 saturated carbocycles. The molecule has 0 fully saturated rings. The van der Waals surface area contributed by atoms with Gasteiger partial charge < -0.3 is 5.43 Å². The molecular weight excluding hydrogens is 291 g/mol. The fourth-order valence-corrected chi connectivity index (χ4v) is 2.76. The van der Waals surface area contributed by atoms with Crippen LogP contribution in [0.15, 0.2) is 28.8 Å². The van der Waals surface area contributed by atoms with Gasteiger partial charge in [-0.2, -0.15) is 0 Å². The maximum Gasteiger partial charge on any atom is 0.225 e. The van der Waals surface area contributed by atoms with Crippen molar-refractivity contribution in [2.24, 2.45) is 0 Å². The van der Waals surface area contributed by atoms with Crippen molar-refractivity contribution in [3.8, 4) is 0 Å². The van der Waals surface area contributed by atoms with Crippen LogP contribution in [0.25, 0.3) is 0 Å². The molecule has 18 heavy (non-hydrogen) atoms. The first-order valence-electron chi connectivity index (χ1n) is 5.27. The van der Waals surface area contributed by atoms with E-state index in [2.05, 4.69) is 10.9 Å². The van der Waals surface area contributed by atoms with Gasteiger partial charge in [0.15, 0.2) is 0 Å². The van der Waals surface area contributed by atoms with Crippen LogP contribution in [-0.2, 0) is 4.79 Å². The zero-order chi connectivity index (χ0) is 13.5. The van der Waals surface area contributed by atoms with Crippen LogP contribution < -0.4 is 10.9 Å². The molecule has 0 unspecified atom stereocenters. The highest BCUT2D eigenvalue weighted by molar-refractivity contribution is 7.99. The number of hydrogen-bond acceptors (Lipinski definition) is 3. The van der Waals surface area contributed by atoms with E-state index in [4.69, 9.17) is 23.2 Å². The molecule has 0 aliphatic heterocycles. The lowest BCUT2D eigenvalue weighted by Gasteiger charge is -2.10. The third-order valence-electron chi connectivity index (χ3n) is 2.24. The third-order valence-corrected chi connectivity index (χ3v) is 4.17. The number of carbonyl (C=O) groups is 1. The molecule has 0 bridgehead atoms. The Balaban J connectivity index is 2.68. The molecule has 6 heteroatoms. The number of allylic oxidation sites excluding steroid dienone is 1. The van der Waals surface area contributed by atoms with Gasteiger partial charge in [-0.15, -0.1) is 11.8 Å². The molecule has 1 rings (SSSR count). The summed E-state index contributed by atoms with van der Waals surface area (Å²) in [6.45, 7) is 3.83. The largest absolute Gasteiger partial charge is 0.302 e. The number of benzene rings is 1. The maximum atomic E-state index is 10.2. The van der Waals surface area contributed by atoms with Gasteiger partial charge in [-0.1, -0.05) is 29.3 Å². The Morgan fingerprint density at radius 2 is 2.11 bits per heavy atom. The predicted octanol–water partition coefficient (Wildman–Crippen LogP) is 3.55. The minimum atomic E-state index is 0.591. The Bertz CT molecular complexity index is 464. The van der Waals surface area contributed by atoms with E-state index in [9.17, 15) is 4.79 Å². The SMILES string of the molecule is C/C=C(/CSc1cc(C)c(Cl)cc1Cl)NNC=O. The molecule has 3 nitrogen and oxygen atoms in total. The first-order valence-corrected chi connectivity index (χ1v) is 7.01. The summed E-state index contributed by atoms with van der Waals surface area (Å²) in [6, 6.07) is 3.70. The lowest BCUT2D eigenvalue weighted by atomic mass is 10.2. The summed E-state index contributed by atoms with van der Waals surface area (Å²) >= 11 is 13.7. The summed E-state index contributed by atoms with van der Waals surface area (Å²) < 4.78 is 0. The molecule has 0 aliphatic rings. The molecule has 0 radical (unpaired) electrons. The summed E-state index contributed by atoms with van der Waals surface area (Å²) in [5.74, 6) is 0.679. The molecule has 0 aromatic heterocycles. The normalized spacial score (nSPS) is 11.2. The molecule has 0 saturated heterocycles. The van der Waals surface area contributed by atoms with E-state index in [1.54, 1.807) is 17.8 Å². The topological polar surface area (TPSA) is 41.1 Å². The number of hydrazine groups is 1. The first-order chi connectivity index (χ1) is 8.58. The third kappa shape index (κ3) is 4.44. The molecule has 0 heterocycles. The fraction of sp³-hybridized carbons (Fsp3) is 0.250. The highest BCUT2D eigenvalue weighted by Gasteiger charge is 2.06. The Kier molecular flexibility index (Phi) is 6.39. The molecule has 0 spiro atoms. The smallest absolute Gasteiger partial charge is 0.225 e. The second-order valence-corrected chi connectivity index (χ2v) is 5.35. The number of carbonyl (C=O) groups excluding carboxylic acids is 1. The Morgan fingerprint density at radius 1 is 1.39 bits per heavy atom. The lowest BCUT2D eigenvalue weighted by Crippen LogP contribution is -2.30. The van der Waals surface area contributed by atoms with E-state index in [0.717, 1.165) is 16.2 Å². The number of thioether (sulfide) groups is 1. The van der Waals surface area contributed by atoms with Gasteiger partial charge >= 0.3 is 0 Å². The molecule has 1 amide bonds. The fourth-order valence-electron chi connectivity index (χ4n) is 1.21. The summed E-state index contributed by atoms with van der Waals surface area (Å²) in [5, 5.41) is 1.30. The zero-order valence-electron chi connectivity index (χ0n) is 10.1. The first kappa shape index (κ1) is 15.2. The predicted molar refractivity (Wildman–Crippen MR) is 78.0 cm³/mol. The quantitative estimate of drug-likeness (QED) is 0.480. The van der Waals surface area contributed by atoms with Crippen molar-refractivity contribution >= 4 is 41.4 Å². The summed E-state index contributed by atoms with van der Waals surface area (Å²) in [4.78, 5) is 11.2. The van der Waals surface area contributed by atoms with E-state index < -0.39 is 0 Å². The molecule has 0 aliphatic carbocycles. The molecule has 1 aromatic rings. The zero-order valence-corrected chi connectivity index (χ0v) is 12.4.